The number of aryl methyl sites for hydroxylation is 1. The molecule has 0 aliphatic rings. The van der Waals surface area contributed by atoms with Crippen molar-refractivity contribution in [2.45, 2.75) is 13.1 Å². The fourth-order valence-corrected chi connectivity index (χ4v) is 2.31. The van der Waals surface area contributed by atoms with E-state index in [-0.39, 0.29) is 22.8 Å². The minimum absolute atomic E-state index is 0.102. The van der Waals surface area contributed by atoms with E-state index in [1.54, 1.807) is 0 Å². The molecule has 1 N–H and O–H groups in total. The molecule has 0 saturated carbocycles. The van der Waals surface area contributed by atoms with E-state index in [0.717, 1.165) is 6.20 Å². The van der Waals surface area contributed by atoms with E-state index in [2.05, 4.69) is 19.7 Å². The first-order valence-electron chi connectivity index (χ1n) is 7.54. The third kappa shape index (κ3) is 3.68. The Kier molecular flexibility index (Phi) is 4.84. The van der Waals surface area contributed by atoms with Gasteiger partial charge < -0.3 is 9.73 Å². The number of anilines is 1. The van der Waals surface area contributed by atoms with Gasteiger partial charge in [0.2, 0.25) is 0 Å². The Morgan fingerprint density at radius 1 is 1.07 bits per heavy atom. The second-order valence-electron chi connectivity index (χ2n) is 5.53. The molecule has 2 aromatic heterocycles. The van der Waals surface area contributed by atoms with E-state index in [4.69, 9.17) is 0 Å². The Balaban J connectivity index is 1.84. The smallest absolute Gasteiger partial charge is 0.438 e. The molecule has 2 heterocycles. The first kappa shape index (κ1) is 19.4. The van der Waals surface area contributed by atoms with Crippen molar-refractivity contribution >= 4 is 11.7 Å². The van der Waals surface area contributed by atoms with Crippen LogP contribution in [-0.4, -0.2) is 15.9 Å². The average molecular weight is 401 g/mol. The van der Waals surface area contributed by atoms with E-state index in [1.165, 1.54) is 19.1 Å². The molecule has 3 rings (SSSR count). The number of nitrogens with zero attached hydrogens (tertiary/aromatic N) is 2. The number of alkyl halides is 3. The molecule has 0 radical (unpaired) electrons. The quantitative estimate of drug-likeness (QED) is 0.509. The van der Waals surface area contributed by atoms with Crippen molar-refractivity contribution < 1.29 is 35.6 Å². The maximum Gasteiger partial charge on any atom is 0.468 e. The van der Waals surface area contributed by atoms with Gasteiger partial charge in [-0.05, 0) is 31.2 Å². The number of carbonyl (C=O) groups excluding carboxylic acids is 1. The molecule has 28 heavy (non-hydrogen) atoms. The zero-order valence-electron chi connectivity index (χ0n) is 13.9. The summed E-state index contributed by atoms with van der Waals surface area (Å²) in [6.45, 7) is 1.28. The van der Waals surface area contributed by atoms with Crippen LogP contribution in [0.15, 0.2) is 34.9 Å². The fraction of sp³-hybridized carbons (Fsp3) is 0.118. The standard InChI is InChI=1S/C17H9F6N3O2/c1-7-14(26-16(28-7)17(21,22)23)8-2-5-11(24-6-8)25-15(27)12-9(18)3-4-10(19)13(12)20/h2-6H,1H3,(H,24,25,27). The molecule has 0 unspecified atom stereocenters. The SMILES string of the molecule is Cc1oc(C(F)(F)F)nc1-c1ccc(NC(=O)c2c(F)ccc(F)c2F)nc1. The van der Waals surface area contributed by atoms with E-state index < -0.39 is 41.0 Å². The van der Waals surface area contributed by atoms with Gasteiger partial charge >= 0.3 is 12.1 Å². The van der Waals surface area contributed by atoms with Crippen LogP contribution < -0.4 is 5.32 Å². The molecule has 5 nitrogen and oxygen atoms in total. The van der Waals surface area contributed by atoms with Crippen molar-refractivity contribution in [3.05, 3.63) is 65.1 Å². The van der Waals surface area contributed by atoms with Gasteiger partial charge in [0.1, 0.15) is 28.7 Å². The van der Waals surface area contributed by atoms with Crippen LogP contribution in [0.5, 0.6) is 0 Å². The van der Waals surface area contributed by atoms with Crippen LogP contribution in [0, 0.1) is 24.4 Å². The molecule has 0 aliphatic carbocycles. The topological polar surface area (TPSA) is 68.0 Å². The number of nitrogens with one attached hydrogen (secondary N) is 1. The van der Waals surface area contributed by atoms with Crippen LogP contribution in [0.3, 0.4) is 0 Å². The number of pyridine rings is 1. The van der Waals surface area contributed by atoms with Crippen molar-refractivity contribution in [3.8, 4) is 11.3 Å². The van der Waals surface area contributed by atoms with Crippen LogP contribution in [0.25, 0.3) is 11.3 Å². The molecule has 11 heteroatoms. The normalized spacial score (nSPS) is 11.5. The second-order valence-corrected chi connectivity index (χ2v) is 5.53. The van der Waals surface area contributed by atoms with E-state index in [0.29, 0.717) is 12.1 Å². The molecule has 0 atom stereocenters. The summed E-state index contributed by atoms with van der Waals surface area (Å²) in [4.78, 5) is 19.1. The van der Waals surface area contributed by atoms with Crippen LogP contribution in [0.4, 0.5) is 32.2 Å². The third-order valence-corrected chi connectivity index (χ3v) is 3.59. The number of halogens is 6. The lowest BCUT2D eigenvalue weighted by Gasteiger charge is -2.07. The molecular formula is C17H9F6N3O2. The van der Waals surface area contributed by atoms with Crippen molar-refractivity contribution in [2.24, 2.45) is 0 Å². The largest absolute Gasteiger partial charge is 0.468 e. The van der Waals surface area contributed by atoms with Crippen molar-refractivity contribution in [3.63, 3.8) is 0 Å². The highest BCUT2D eigenvalue weighted by Crippen LogP contribution is 2.33. The Labute approximate surface area is 153 Å². The van der Waals surface area contributed by atoms with Gasteiger partial charge in [0.15, 0.2) is 11.6 Å². The lowest BCUT2D eigenvalue weighted by molar-refractivity contribution is -0.157. The number of rotatable bonds is 3. The molecule has 146 valence electrons. The summed E-state index contributed by atoms with van der Waals surface area (Å²) in [6, 6.07) is 3.56. The maximum atomic E-state index is 13.6. The van der Waals surface area contributed by atoms with E-state index in [9.17, 15) is 31.1 Å². The molecule has 1 aromatic carbocycles. The molecular weight excluding hydrogens is 392 g/mol. The van der Waals surface area contributed by atoms with Gasteiger partial charge in [-0.3, -0.25) is 4.79 Å². The minimum atomic E-state index is -4.76. The number of aromatic nitrogens is 2. The number of benzene rings is 1. The molecule has 0 bridgehead atoms. The lowest BCUT2D eigenvalue weighted by Crippen LogP contribution is -2.17. The molecule has 0 saturated heterocycles. The predicted molar refractivity (Wildman–Crippen MR) is 83.7 cm³/mol. The summed E-state index contributed by atoms with van der Waals surface area (Å²) in [5.74, 6) is -7.32. The summed E-state index contributed by atoms with van der Waals surface area (Å²) in [6.07, 6.45) is -3.68. The van der Waals surface area contributed by atoms with Gasteiger partial charge in [-0.15, -0.1) is 0 Å². The Hall–Kier alpha value is -3.37. The molecule has 0 aliphatic heterocycles. The van der Waals surface area contributed by atoms with Gasteiger partial charge in [-0.25, -0.2) is 23.1 Å². The van der Waals surface area contributed by atoms with Gasteiger partial charge in [0.25, 0.3) is 5.91 Å². The number of oxazole rings is 1. The highest BCUT2D eigenvalue weighted by atomic mass is 19.4. The first-order chi connectivity index (χ1) is 13.1. The molecule has 0 spiro atoms. The summed E-state index contributed by atoms with van der Waals surface area (Å²) in [5.41, 5.74) is -1.09. The first-order valence-corrected chi connectivity index (χ1v) is 7.54. The van der Waals surface area contributed by atoms with Crippen LogP contribution in [-0.2, 0) is 6.18 Å². The Morgan fingerprint density at radius 2 is 1.75 bits per heavy atom. The zero-order valence-corrected chi connectivity index (χ0v) is 13.9. The number of hydrogen-bond acceptors (Lipinski definition) is 4. The number of amides is 1. The van der Waals surface area contributed by atoms with E-state index >= 15 is 0 Å². The monoisotopic (exact) mass is 401 g/mol. The summed E-state index contributed by atoms with van der Waals surface area (Å²) >= 11 is 0. The number of carbonyl (C=O) groups is 1. The zero-order chi connectivity index (χ0) is 20.6. The van der Waals surface area contributed by atoms with Crippen molar-refractivity contribution in [1.82, 2.24) is 9.97 Å². The third-order valence-electron chi connectivity index (χ3n) is 3.59. The summed E-state index contributed by atoms with van der Waals surface area (Å²) < 4.78 is 83.0. The Bertz CT molecular complexity index is 1040. The fourth-order valence-electron chi connectivity index (χ4n) is 2.31. The van der Waals surface area contributed by atoms with Gasteiger partial charge in [-0.1, -0.05) is 0 Å². The predicted octanol–water partition coefficient (Wildman–Crippen LogP) is 4.73. The summed E-state index contributed by atoms with van der Waals surface area (Å²) in [5, 5.41) is 2.07. The van der Waals surface area contributed by atoms with Crippen LogP contribution in [0.1, 0.15) is 22.0 Å². The van der Waals surface area contributed by atoms with E-state index in [1.807, 2.05) is 0 Å². The average Bonchev–Trinajstić information content (AvgIpc) is 3.01. The molecule has 1 amide bonds. The lowest BCUT2D eigenvalue weighted by atomic mass is 10.1. The second kappa shape index (κ2) is 6.98. The highest BCUT2D eigenvalue weighted by molar-refractivity contribution is 6.04. The molecule has 3 aromatic rings. The minimum Gasteiger partial charge on any atom is -0.438 e. The van der Waals surface area contributed by atoms with Gasteiger partial charge in [0.05, 0.1) is 0 Å². The summed E-state index contributed by atoms with van der Waals surface area (Å²) in [7, 11) is 0. The van der Waals surface area contributed by atoms with Gasteiger partial charge in [-0.2, -0.15) is 13.2 Å². The van der Waals surface area contributed by atoms with Crippen molar-refractivity contribution in [2.75, 3.05) is 5.32 Å². The van der Waals surface area contributed by atoms with Crippen LogP contribution in [0.2, 0.25) is 0 Å². The Morgan fingerprint density at radius 3 is 2.32 bits per heavy atom. The molecule has 0 fully saturated rings. The van der Waals surface area contributed by atoms with Crippen molar-refractivity contribution in [1.29, 1.82) is 0 Å². The maximum absolute atomic E-state index is 13.6. The van der Waals surface area contributed by atoms with Crippen LogP contribution >= 0.6 is 0 Å². The highest BCUT2D eigenvalue weighted by Gasteiger charge is 2.38. The van der Waals surface area contributed by atoms with Gasteiger partial charge in [0, 0.05) is 11.8 Å². The number of hydrogen-bond donors (Lipinski definition) is 1.